The summed E-state index contributed by atoms with van der Waals surface area (Å²) < 4.78 is 37.7. The minimum Gasteiger partial charge on any atom is -0.475 e. The Hall–Kier alpha value is -3.15. The van der Waals surface area contributed by atoms with Crippen molar-refractivity contribution in [3.63, 3.8) is 0 Å². The highest BCUT2D eigenvalue weighted by Gasteiger charge is 2.47. The summed E-state index contributed by atoms with van der Waals surface area (Å²) in [5.74, 6) is -1.50. The van der Waals surface area contributed by atoms with E-state index in [1.54, 1.807) is 44.2 Å². The first-order valence-corrected chi connectivity index (χ1v) is 10.8. The van der Waals surface area contributed by atoms with Crippen LogP contribution in [0.25, 0.3) is 15.6 Å². The molecule has 168 valence electrons. The van der Waals surface area contributed by atoms with Crippen LogP contribution >= 0.6 is 7.60 Å². The highest BCUT2D eigenvalue weighted by Crippen LogP contribution is 2.57. The van der Waals surface area contributed by atoms with E-state index in [-0.39, 0.29) is 45.3 Å². The van der Waals surface area contributed by atoms with Crippen molar-refractivity contribution in [2.75, 3.05) is 39.6 Å². The zero-order valence-electron chi connectivity index (χ0n) is 17.2. The van der Waals surface area contributed by atoms with Crippen LogP contribution in [-0.4, -0.2) is 49.9 Å². The molecular formula is C18H25N4O8P+2. The molecule has 1 rings (SSSR count). The summed E-state index contributed by atoms with van der Waals surface area (Å²) in [5.41, 5.74) is -0.427. The Balaban J connectivity index is 2.49. The lowest BCUT2D eigenvalue weighted by Gasteiger charge is -2.10. The summed E-state index contributed by atoms with van der Waals surface area (Å²) in [6.07, 6.45) is 0. The monoisotopic (exact) mass is 456 g/mol. The highest BCUT2D eigenvalue weighted by atomic mass is 31.2. The summed E-state index contributed by atoms with van der Waals surface area (Å²) in [6, 6.07) is 8.44. The van der Waals surface area contributed by atoms with Crippen molar-refractivity contribution in [3.8, 4) is 0 Å². The molecule has 0 saturated heterocycles. The fraction of sp³-hybridized carbons (Fsp3) is 0.444. The maximum absolute atomic E-state index is 12.5. The standard InChI is InChI=1S/C18H23N4O8P/c1-3-29-31(25,30-4-2)16(22-20)18(24)28-13-11-26-10-12-27-17(23)15(21-19)14-8-6-5-7-9-14/h5-9H,3-4,10-13H2,1-2H3/p+2/b17-15-. The van der Waals surface area contributed by atoms with Crippen LogP contribution < -0.4 is 0 Å². The summed E-state index contributed by atoms with van der Waals surface area (Å²) in [5, 5.41) is 37.9. The number of rotatable bonds is 14. The van der Waals surface area contributed by atoms with Crippen molar-refractivity contribution in [1.82, 2.24) is 0 Å². The highest BCUT2D eigenvalue weighted by molar-refractivity contribution is 7.58. The Morgan fingerprint density at radius 2 is 1.45 bits per heavy atom. The predicted molar refractivity (Wildman–Crippen MR) is 109 cm³/mol. The van der Waals surface area contributed by atoms with E-state index in [2.05, 4.69) is 9.95 Å². The molecule has 2 N–H and O–H groups in total. The van der Waals surface area contributed by atoms with E-state index in [0.29, 0.717) is 5.56 Å². The lowest BCUT2D eigenvalue weighted by molar-refractivity contribution is 0.00532. The average molecular weight is 456 g/mol. The third-order valence-corrected chi connectivity index (χ3v) is 5.42. The number of aliphatic hydroxyl groups is 2. The van der Waals surface area contributed by atoms with Crippen molar-refractivity contribution < 1.29 is 38.0 Å². The predicted octanol–water partition coefficient (Wildman–Crippen LogP) is 4.58. The van der Waals surface area contributed by atoms with E-state index in [0.717, 1.165) is 0 Å². The molecule has 0 saturated carbocycles. The number of benzene rings is 1. The average Bonchev–Trinajstić information content (AvgIpc) is 2.75. The van der Waals surface area contributed by atoms with Crippen LogP contribution in [0.15, 0.2) is 47.7 Å². The lowest BCUT2D eigenvalue weighted by Crippen LogP contribution is -2.10. The second kappa shape index (κ2) is 14.0. The van der Waals surface area contributed by atoms with Crippen molar-refractivity contribution in [2.24, 2.45) is 0 Å². The molecule has 31 heavy (non-hydrogen) atoms. The van der Waals surface area contributed by atoms with Crippen LogP contribution in [0.5, 0.6) is 0 Å². The van der Waals surface area contributed by atoms with Crippen LogP contribution in [0.4, 0.5) is 0 Å². The van der Waals surface area contributed by atoms with Gasteiger partial charge in [0.05, 0.1) is 32.0 Å². The van der Waals surface area contributed by atoms with Crippen molar-refractivity contribution in [1.29, 1.82) is 10.8 Å². The number of nitrogens with zero attached hydrogens (tertiary/aromatic N) is 4. The van der Waals surface area contributed by atoms with Crippen LogP contribution in [-0.2, 0) is 27.8 Å². The molecule has 0 heterocycles. The summed E-state index contributed by atoms with van der Waals surface area (Å²) in [7, 11) is -4.04. The van der Waals surface area contributed by atoms with Gasteiger partial charge >= 0.3 is 30.6 Å². The van der Waals surface area contributed by atoms with Gasteiger partial charge < -0.3 is 33.5 Å². The molecule has 0 bridgehead atoms. The largest absolute Gasteiger partial charge is 0.548 e. The second-order valence-electron chi connectivity index (χ2n) is 5.49. The maximum Gasteiger partial charge on any atom is 0.548 e. The fourth-order valence-electron chi connectivity index (χ4n) is 2.16. The lowest BCUT2D eigenvalue weighted by atomic mass is 10.2. The Labute approximate surface area is 179 Å². The molecule has 0 aliphatic heterocycles. The SMILES string of the molecule is CCOP(=O)(OCC)/C([N+]#N)=C(\O)OCCOCCO/C(O)=C(\[N+]#N)c1ccccc1. The van der Waals surface area contributed by atoms with Crippen LogP contribution in [0.1, 0.15) is 19.4 Å². The number of diazo groups is 2. The summed E-state index contributed by atoms with van der Waals surface area (Å²) in [6.45, 7) is 2.83. The van der Waals surface area contributed by atoms with Crippen molar-refractivity contribution >= 4 is 13.3 Å². The topological polar surface area (TPSA) is 160 Å². The molecule has 0 spiro atoms. The molecule has 0 atom stereocenters. The van der Waals surface area contributed by atoms with Crippen molar-refractivity contribution in [3.05, 3.63) is 63.2 Å². The molecule has 0 aliphatic rings. The maximum atomic E-state index is 12.5. The van der Waals surface area contributed by atoms with Gasteiger partial charge in [-0.3, -0.25) is 0 Å². The minimum absolute atomic E-state index is 0.0104. The van der Waals surface area contributed by atoms with Gasteiger partial charge in [-0.25, -0.2) is 4.57 Å². The molecule has 1 aromatic rings. The first kappa shape index (κ1) is 25.9. The van der Waals surface area contributed by atoms with Gasteiger partial charge in [0.1, 0.15) is 13.2 Å². The van der Waals surface area contributed by atoms with Crippen LogP contribution in [0.2, 0.25) is 0 Å². The number of ether oxygens (including phenoxy) is 3. The van der Waals surface area contributed by atoms with Gasteiger partial charge in [0, 0.05) is 0 Å². The van der Waals surface area contributed by atoms with Gasteiger partial charge in [-0.05, 0) is 26.0 Å². The second-order valence-corrected chi connectivity index (χ2v) is 7.43. The molecule has 12 nitrogen and oxygen atoms in total. The molecule has 0 amide bonds. The molecule has 0 radical (unpaired) electrons. The summed E-state index contributed by atoms with van der Waals surface area (Å²) in [4.78, 5) is 5.78. The smallest absolute Gasteiger partial charge is 0.475 e. The van der Waals surface area contributed by atoms with E-state index >= 15 is 0 Å². The number of aliphatic hydroxyl groups excluding tert-OH is 2. The zero-order chi connectivity index (χ0) is 23.1. The molecule has 13 heteroatoms. The van der Waals surface area contributed by atoms with E-state index in [9.17, 15) is 14.8 Å². The normalized spacial score (nSPS) is 12.8. The Morgan fingerprint density at radius 1 is 0.903 bits per heavy atom. The quantitative estimate of drug-likeness (QED) is 0.175. The summed E-state index contributed by atoms with van der Waals surface area (Å²) >= 11 is 0. The molecule has 0 fully saturated rings. The van der Waals surface area contributed by atoms with Gasteiger partial charge in [0.25, 0.3) is 0 Å². The fourth-order valence-corrected chi connectivity index (χ4v) is 3.57. The molecule has 1 aromatic carbocycles. The van der Waals surface area contributed by atoms with Gasteiger partial charge in [-0.15, -0.1) is 0 Å². The Morgan fingerprint density at radius 3 is 1.94 bits per heavy atom. The third-order valence-electron chi connectivity index (χ3n) is 3.43. The van der Waals surface area contributed by atoms with E-state index in [4.69, 9.17) is 34.0 Å². The molecule has 0 aliphatic carbocycles. The van der Waals surface area contributed by atoms with E-state index < -0.39 is 24.9 Å². The van der Waals surface area contributed by atoms with Gasteiger partial charge in [0.2, 0.25) is 10.8 Å². The minimum atomic E-state index is -4.04. The third kappa shape index (κ3) is 8.24. The van der Waals surface area contributed by atoms with E-state index in [1.807, 2.05) is 0 Å². The van der Waals surface area contributed by atoms with Gasteiger partial charge in [-0.2, -0.15) is 0 Å². The number of hydrogen-bond donors (Lipinski definition) is 2. The molecule has 0 aromatic heterocycles. The Kier molecular flexibility index (Phi) is 11.7. The van der Waals surface area contributed by atoms with Gasteiger partial charge in [-0.1, -0.05) is 18.2 Å². The van der Waals surface area contributed by atoms with Crippen LogP contribution in [0, 0.1) is 10.8 Å². The Bertz CT molecular complexity index is 882. The molecular weight excluding hydrogens is 431 g/mol. The van der Waals surface area contributed by atoms with Crippen LogP contribution in [0.3, 0.4) is 0 Å². The molecule has 0 unspecified atom stereocenters. The first-order chi connectivity index (χ1) is 14.9. The zero-order valence-corrected chi connectivity index (χ0v) is 18.1. The van der Waals surface area contributed by atoms with Crippen molar-refractivity contribution in [2.45, 2.75) is 13.8 Å². The number of hydrogen-bond acceptors (Lipinski definition) is 10. The van der Waals surface area contributed by atoms with E-state index in [1.165, 1.54) is 0 Å². The first-order valence-electron chi connectivity index (χ1n) is 9.28. The van der Waals surface area contributed by atoms with Gasteiger partial charge in [0.15, 0.2) is 9.95 Å².